The summed E-state index contributed by atoms with van der Waals surface area (Å²) in [6, 6.07) is 1.56. The van der Waals surface area contributed by atoms with E-state index >= 15 is 0 Å². The van der Waals surface area contributed by atoms with Gasteiger partial charge in [-0.15, -0.1) is 0 Å². The van der Waals surface area contributed by atoms with E-state index in [-0.39, 0.29) is 18.0 Å². The standard InChI is InChI=1S/C17H27N5O3/c1-13-12-15(25-19-13)18-16(23)14(2)20-8-10-22(11-9-20)17(24)21-6-4-3-5-7-21/h12,14H,3-11H2,1-2H3,(H,18,23)/t14-/m0/s1. The molecule has 3 amide bonds. The number of anilines is 1. The maximum atomic E-state index is 12.5. The second-order valence-corrected chi connectivity index (χ2v) is 6.85. The van der Waals surface area contributed by atoms with Gasteiger partial charge in [0.1, 0.15) is 0 Å². The molecule has 1 aromatic heterocycles. The van der Waals surface area contributed by atoms with E-state index in [4.69, 9.17) is 4.52 Å². The first-order valence-corrected chi connectivity index (χ1v) is 9.06. The van der Waals surface area contributed by atoms with E-state index < -0.39 is 0 Å². The van der Waals surface area contributed by atoms with Crippen molar-refractivity contribution in [2.75, 3.05) is 44.6 Å². The van der Waals surface area contributed by atoms with Crippen LogP contribution in [0.15, 0.2) is 10.6 Å². The van der Waals surface area contributed by atoms with E-state index in [1.165, 1.54) is 6.42 Å². The number of nitrogens with zero attached hydrogens (tertiary/aromatic N) is 4. The molecule has 3 heterocycles. The van der Waals surface area contributed by atoms with E-state index in [0.717, 1.165) is 31.6 Å². The van der Waals surface area contributed by atoms with Crippen LogP contribution < -0.4 is 5.32 Å². The zero-order chi connectivity index (χ0) is 17.8. The molecule has 138 valence electrons. The van der Waals surface area contributed by atoms with Crippen molar-refractivity contribution in [2.24, 2.45) is 0 Å². The third-order valence-corrected chi connectivity index (χ3v) is 5.01. The Morgan fingerprint density at radius 2 is 1.72 bits per heavy atom. The molecule has 1 aromatic rings. The Kier molecular flexibility index (Phi) is 5.57. The molecule has 2 aliphatic heterocycles. The van der Waals surface area contributed by atoms with E-state index in [2.05, 4.69) is 15.4 Å². The summed E-state index contributed by atoms with van der Waals surface area (Å²) in [7, 11) is 0. The molecule has 0 unspecified atom stereocenters. The lowest BCUT2D eigenvalue weighted by Crippen LogP contribution is -2.56. The number of amides is 3. The molecular weight excluding hydrogens is 322 g/mol. The van der Waals surface area contributed by atoms with Crippen LogP contribution in [0.4, 0.5) is 10.7 Å². The van der Waals surface area contributed by atoms with Crippen LogP contribution in [-0.2, 0) is 4.79 Å². The van der Waals surface area contributed by atoms with Gasteiger partial charge in [-0.2, -0.15) is 0 Å². The quantitative estimate of drug-likeness (QED) is 0.895. The van der Waals surface area contributed by atoms with Crippen molar-refractivity contribution in [1.29, 1.82) is 0 Å². The molecule has 0 saturated carbocycles. The van der Waals surface area contributed by atoms with Crippen LogP contribution in [0.3, 0.4) is 0 Å². The molecule has 0 aliphatic carbocycles. The molecule has 8 heteroatoms. The topological polar surface area (TPSA) is 81.9 Å². The molecule has 2 saturated heterocycles. The number of aryl methyl sites for hydroxylation is 1. The van der Waals surface area contributed by atoms with Crippen LogP contribution >= 0.6 is 0 Å². The summed E-state index contributed by atoms with van der Waals surface area (Å²) < 4.78 is 5.03. The predicted molar refractivity (Wildman–Crippen MR) is 93.3 cm³/mol. The van der Waals surface area contributed by atoms with Crippen LogP contribution in [-0.4, -0.2) is 77.1 Å². The summed E-state index contributed by atoms with van der Waals surface area (Å²) in [5, 5.41) is 6.51. The van der Waals surface area contributed by atoms with Crippen molar-refractivity contribution in [3.05, 3.63) is 11.8 Å². The van der Waals surface area contributed by atoms with Gasteiger partial charge in [-0.1, -0.05) is 5.16 Å². The van der Waals surface area contributed by atoms with E-state index in [9.17, 15) is 9.59 Å². The SMILES string of the molecule is Cc1cc(NC(=O)[C@H](C)N2CCN(C(=O)N3CCCCC3)CC2)on1. The summed E-state index contributed by atoms with van der Waals surface area (Å²) in [6.45, 7) is 8.14. The number of hydrogen-bond acceptors (Lipinski definition) is 5. The van der Waals surface area contributed by atoms with E-state index in [1.54, 1.807) is 13.0 Å². The van der Waals surface area contributed by atoms with Gasteiger partial charge in [0.05, 0.1) is 11.7 Å². The van der Waals surface area contributed by atoms with Gasteiger partial charge < -0.3 is 14.3 Å². The highest BCUT2D eigenvalue weighted by Crippen LogP contribution is 2.15. The zero-order valence-electron chi connectivity index (χ0n) is 15.0. The Labute approximate surface area is 148 Å². The van der Waals surface area contributed by atoms with Gasteiger partial charge >= 0.3 is 6.03 Å². The molecule has 0 radical (unpaired) electrons. The van der Waals surface area contributed by atoms with Gasteiger partial charge in [-0.05, 0) is 33.1 Å². The number of carbonyl (C=O) groups is 2. The zero-order valence-corrected chi connectivity index (χ0v) is 15.0. The van der Waals surface area contributed by atoms with Gasteiger partial charge in [-0.3, -0.25) is 15.0 Å². The molecule has 0 aromatic carbocycles. The summed E-state index contributed by atoms with van der Waals surface area (Å²) in [4.78, 5) is 30.9. The molecule has 0 bridgehead atoms. The molecule has 25 heavy (non-hydrogen) atoms. The highest BCUT2D eigenvalue weighted by Gasteiger charge is 2.30. The van der Waals surface area contributed by atoms with E-state index in [1.807, 2.05) is 16.7 Å². The molecule has 8 nitrogen and oxygen atoms in total. The fraction of sp³-hybridized carbons (Fsp3) is 0.706. The lowest BCUT2D eigenvalue weighted by Gasteiger charge is -2.40. The van der Waals surface area contributed by atoms with Gasteiger partial charge in [0.2, 0.25) is 11.8 Å². The van der Waals surface area contributed by atoms with Gasteiger partial charge in [0.25, 0.3) is 0 Å². The third kappa shape index (κ3) is 4.31. The van der Waals surface area contributed by atoms with E-state index in [0.29, 0.717) is 32.1 Å². The van der Waals surface area contributed by atoms with Crippen molar-refractivity contribution in [3.63, 3.8) is 0 Å². The number of piperazine rings is 1. The molecule has 3 rings (SSSR count). The molecule has 2 aliphatic rings. The van der Waals surface area contributed by atoms with Gasteiger partial charge in [0, 0.05) is 45.3 Å². The predicted octanol–water partition coefficient (Wildman–Crippen LogP) is 1.53. The van der Waals surface area contributed by atoms with Crippen molar-refractivity contribution in [2.45, 2.75) is 39.2 Å². The highest BCUT2D eigenvalue weighted by atomic mass is 16.5. The Bertz CT molecular complexity index is 603. The summed E-state index contributed by atoms with van der Waals surface area (Å²) in [5.41, 5.74) is 0.729. The first-order chi connectivity index (χ1) is 12.0. The Morgan fingerprint density at radius 1 is 1.08 bits per heavy atom. The lowest BCUT2D eigenvalue weighted by atomic mass is 10.1. The van der Waals surface area contributed by atoms with Crippen LogP contribution in [0.2, 0.25) is 0 Å². The minimum atomic E-state index is -0.280. The van der Waals surface area contributed by atoms with Gasteiger partial charge in [0.15, 0.2) is 0 Å². The molecule has 0 spiro atoms. The van der Waals surface area contributed by atoms with Crippen molar-refractivity contribution >= 4 is 17.8 Å². The minimum absolute atomic E-state index is 0.119. The minimum Gasteiger partial charge on any atom is -0.338 e. The number of hydrogen-bond donors (Lipinski definition) is 1. The number of likely N-dealkylation sites (tertiary alicyclic amines) is 1. The second kappa shape index (κ2) is 7.86. The maximum Gasteiger partial charge on any atom is 0.320 e. The van der Waals surface area contributed by atoms with Crippen LogP contribution in [0.1, 0.15) is 31.9 Å². The average Bonchev–Trinajstić information content (AvgIpc) is 3.06. The Hall–Kier alpha value is -2.09. The Balaban J connectivity index is 1.47. The molecule has 1 atom stereocenters. The number of aromatic nitrogens is 1. The largest absolute Gasteiger partial charge is 0.338 e. The number of rotatable bonds is 3. The summed E-state index contributed by atoms with van der Waals surface area (Å²) in [5.74, 6) is 0.250. The van der Waals surface area contributed by atoms with Crippen molar-refractivity contribution < 1.29 is 14.1 Å². The number of piperidine rings is 1. The van der Waals surface area contributed by atoms with Crippen LogP contribution in [0.5, 0.6) is 0 Å². The van der Waals surface area contributed by atoms with Crippen molar-refractivity contribution in [1.82, 2.24) is 19.9 Å². The van der Waals surface area contributed by atoms with Crippen LogP contribution in [0, 0.1) is 6.92 Å². The smallest absolute Gasteiger partial charge is 0.320 e. The third-order valence-electron chi connectivity index (χ3n) is 5.01. The summed E-state index contributed by atoms with van der Waals surface area (Å²) in [6.07, 6.45) is 3.42. The number of urea groups is 1. The van der Waals surface area contributed by atoms with Crippen molar-refractivity contribution in [3.8, 4) is 0 Å². The molecule has 1 N–H and O–H groups in total. The first-order valence-electron chi connectivity index (χ1n) is 9.06. The second-order valence-electron chi connectivity index (χ2n) is 6.85. The first kappa shape index (κ1) is 17.7. The average molecular weight is 349 g/mol. The lowest BCUT2D eigenvalue weighted by molar-refractivity contribution is -0.121. The fourth-order valence-corrected chi connectivity index (χ4v) is 3.40. The fourth-order valence-electron chi connectivity index (χ4n) is 3.40. The number of carbonyl (C=O) groups excluding carboxylic acids is 2. The number of nitrogens with one attached hydrogen (secondary N) is 1. The van der Waals surface area contributed by atoms with Gasteiger partial charge in [-0.25, -0.2) is 4.79 Å². The van der Waals surface area contributed by atoms with Crippen LogP contribution in [0.25, 0.3) is 0 Å². The highest BCUT2D eigenvalue weighted by molar-refractivity contribution is 5.93. The Morgan fingerprint density at radius 3 is 2.32 bits per heavy atom. The maximum absolute atomic E-state index is 12.5. The molecular formula is C17H27N5O3. The summed E-state index contributed by atoms with van der Waals surface area (Å²) >= 11 is 0. The molecule has 2 fully saturated rings. The normalized spacial score (nSPS) is 20.4. The monoisotopic (exact) mass is 349 g/mol.